The first-order valence-electron chi connectivity index (χ1n) is 16.9. The number of hydrogen-bond donors (Lipinski definition) is 0. The Hall–Kier alpha value is -0.480. The number of hydrogen-bond acceptors (Lipinski definition) is 2. The van der Waals surface area contributed by atoms with Crippen LogP contribution in [0.15, 0.2) is 12.2 Å². The van der Waals surface area contributed by atoms with Crippen LogP contribution < -0.4 is 0 Å². The zero-order valence-electron chi connectivity index (χ0n) is 24.5. The SMILES string of the molecule is CCCCCCC1CCC(C2OCC(C3CCC(CCCCC4CCC(C=C(F)F)CC4)CC3)CO2)CC1. The van der Waals surface area contributed by atoms with E-state index in [0.29, 0.717) is 11.8 Å². The fourth-order valence-electron chi connectivity index (χ4n) is 8.32. The highest BCUT2D eigenvalue weighted by atomic mass is 19.3. The molecule has 0 atom stereocenters. The molecule has 0 radical (unpaired) electrons. The molecule has 0 amide bonds. The molecular formula is C34H58F2O2. The van der Waals surface area contributed by atoms with Gasteiger partial charge >= 0.3 is 0 Å². The molecule has 4 fully saturated rings. The molecule has 0 aromatic rings. The molecule has 2 nitrogen and oxygen atoms in total. The standard InChI is InChI=1S/C34H58F2O2/c1-2-3-4-5-8-27-17-21-31(22-18-27)34-37-24-32(25-38-34)30-19-15-28(16-20-30)10-7-6-9-26-11-13-29(14-12-26)23-33(35)36/h23,26-32,34H,2-22,24-25H2,1H3. The minimum Gasteiger partial charge on any atom is -0.352 e. The molecule has 3 saturated carbocycles. The number of ether oxygens (including phenoxy) is 2. The van der Waals surface area contributed by atoms with E-state index in [0.717, 1.165) is 62.6 Å². The Morgan fingerprint density at radius 1 is 0.579 bits per heavy atom. The predicted octanol–water partition coefficient (Wildman–Crippen LogP) is 10.7. The normalized spacial score (nSPS) is 36.6. The molecular weight excluding hydrogens is 478 g/mol. The first-order chi connectivity index (χ1) is 18.6. The summed E-state index contributed by atoms with van der Waals surface area (Å²) in [4.78, 5) is 0. The van der Waals surface area contributed by atoms with Gasteiger partial charge in [-0.05, 0) is 99.9 Å². The maximum Gasteiger partial charge on any atom is 0.266 e. The van der Waals surface area contributed by atoms with E-state index < -0.39 is 6.08 Å². The van der Waals surface area contributed by atoms with E-state index in [1.54, 1.807) is 0 Å². The van der Waals surface area contributed by atoms with Crippen LogP contribution in [0.3, 0.4) is 0 Å². The van der Waals surface area contributed by atoms with Crippen LogP contribution in [0.4, 0.5) is 8.78 Å². The molecule has 4 aliphatic rings. The lowest BCUT2D eigenvalue weighted by molar-refractivity contribution is -0.237. The third kappa shape index (κ3) is 10.2. The highest BCUT2D eigenvalue weighted by Gasteiger charge is 2.36. The second kappa shape index (κ2) is 16.7. The van der Waals surface area contributed by atoms with Gasteiger partial charge in [0.2, 0.25) is 0 Å². The average molecular weight is 537 g/mol. The van der Waals surface area contributed by atoms with Crippen LogP contribution in [-0.2, 0) is 9.47 Å². The van der Waals surface area contributed by atoms with Gasteiger partial charge in [0.15, 0.2) is 6.29 Å². The third-order valence-electron chi connectivity index (χ3n) is 11.0. The number of halogens is 2. The van der Waals surface area contributed by atoms with Gasteiger partial charge in [-0.25, -0.2) is 0 Å². The molecule has 4 rings (SSSR count). The molecule has 1 aliphatic heterocycles. The van der Waals surface area contributed by atoms with Crippen LogP contribution in [0, 0.1) is 41.4 Å². The largest absolute Gasteiger partial charge is 0.352 e. The third-order valence-corrected chi connectivity index (χ3v) is 11.0. The fourth-order valence-corrected chi connectivity index (χ4v) is 8.32. The van der Waals surface area contributed by atoms with Gasteiger partial charge in [-0.3, -0.25) is 0 Å². The molecule has 1 heterocycles. The van der Waals surface area contributed by atoms with Crippen molar-refractivity contribution in [3.63, 3.8) is 0 Å². The summed E-state index contributed by atoms with van der Waals surface area (Å²) in [5, 5.41) is 0. The van der Waals surface area contributed by atoms with Crippen molar-refractivity contribution >= 4 is 0 Å². The van der Waals surface area contributed by atoms with Crippen molar-refractivity contribution in [3.05, 3.63) is 12.2 Å². The van der Waals surface area contributed by atoms with E-state index in [1.165, 1.54) is 115 Å². The molecule has 0 bridgehead atoms. The van der Waals surface area contributed by atoms with E-state index in [2.05, 4.69) is 6.92 Å². The first kappa shape index (κ1) is 30.5. The van der Waals surface area contributed by atoms with E-state index in [9.17, 15) is 8.78 Å². The molecule has 0 aromatic heterocycles. The Balaban J connectivity index is 1.02. The van der Waals surface area contributed by atoms with Crippen molar-refractivity contribution in [3.8, 4) is 0 Å². The van der Waals surface area contributed by atoms with Crippen LogP contribution >= 0.6 is 0 Å². The van der Waals surface area contributed by atoms with E-state index in [-0.39, 0.29) is 12.2 Å². The highest BCUT2D eigenvalue weighted by molar-refractivity contribution is 4.91. The Morgan fingerprint density at radius 2 is 1.05 bits per heavy atom. The van der Waals surface area contributed by atoms with Crippen LogP contribution in [-0.4, -0.2) is 19.5 Å². The summed E-state index contributed by atoms with van der Waals surface area (Å²) in [5.74, 6) is 4.80. The Kier molecular flexibility index (Phi) is 13.4. The van der Waals surface area contributed by atoms with Gasteiger partial charge in [-0.15, -0.1) is 0 Å². The smallest absolute Gasteiger partial charge is 0.266 e. The summed E-state index contributed by atoms with van der Waals surface area (Å²) in [6, 6.07) is 0. The Labute approximate surface area is 233 Å². The molecule has 0 spiro atoms. The van der Waals surface area contributed by atoms with Crippen molar-refractivity contribution in [2.75, 3.05) is 13.2 Å². The van der Waals surface area contributed by atoms with Gasteiger partial charge in [0, 0.05) is 11.8 Å². The van der Waals surface area contributed by atoms with Crippen molar-refractivity contribution < 1.29 is 18.3 Å². The lowest BCUT2D eigenvalue weighted by Crippen LogP contribution is -2.41. The predicted molar refractivity (Wildman–Crippen MR) is 153 cm³/mol. The number of rotatable bonds is 13. The maximum atomic E-state index is 12.5. The van der Waals surface area contributed by atoms with E-state index >= 15 is 0 Å². The zero-order chi connectivity index (χ0) is 26.6. The van der Waals surface area contributed by atoms with Crippen molar-refractivity contribution in [2.45, 2.75) is 148 Å². The molecule has 0 unspecified atom stereocenters. The zero-order valence-corrected chi connectivity index (χ0v) is 24.5. The van der Waals surface area contributed by atoms with Gasteiger partial charge in [-0.2, -0.15) is 8.78 Å². The molecule has 0 N–H and O–H groups in total. The van der Waals surface area contributed by atoms with Gasteiger partial charge in [0.25, 0.3) is 6.08 Å². The fraction of sp³-hybridized carbons (Fsp3) is 0.941. The molecule has 0 aromatic carbocycles. The first-order valence-corrected chi connectivity index (χ1v) is 16.9. The Bertz CT molecular complexity index is 645. The maximum absolute atomic E-state index is 12.5. The lowest BCUT2D eigenvalue weighted by Gasteiger charge is -2.41. The molecule has 220 valence electrons. The number of unbranched alkanes of at least 4 members (excludes halogenated alkanes) is 4. The summed E-state index contributed by atoms with van der Waals surface area (Å²) in [6.07, 6.45) is 27.2. The van der Waals surface area contributed by atoms with Crippen LogP contribution in [0.25, 0.3) is 0 Å². The van der Waals surface area contributed by atoms with Crippen LogP contribution in [0.5, 0.6) is 0 Å². The van der Waals surface area contributed by atoms with E-state index in [1.807, 2.05) is 0 Å². The molecule has 4 heteroatoms. The minimum atomic E-state index is -1.49. The van der Waals surface area contributed by atoms with Gasteiger partial charge < -0.3 is 9.47 Å². The second-order valence-electron chi connectivity index (χ2n) is 13.7. The summed E-state index contributed by atoms with van der Waals surface area (Å²) >= 11 is 0. The van der Waals surface area contributed by atoms with Crippen LogP contribution in [0.2, 0.25) is 0 Å². The minimum absolute atomic E-state index is 0.0695. The molecule has 3 aliphatic carbocycles. The summed E-state index contributed by atoms with van der Waals surface area (Å²) in [5.41, 5.74) is 0. The van der Waals surface area contributed by atoms with Gasteiger partial charge in [-0.1, -0.05) is 77.6 Å². The summed E-state index contributed by atoms with van der Waals surface area (Å²) in [7, 11) is 0. The monoisotopic (exact) mass is 536 g/mol. The Morgan fingerprint density at radius 3 is 1.55 bits per heavy atom. The lowest BCUT2D eigenvalue weighted by atomic mass is 9.74. The highest BCUT2D eigenvalue weighted by Crippen LogP contribution is 2.40. The topological polar surface area (TPSA) is 18.5 Å². The van der Waals surface area contributed by atoms with E-state index in [4.69, 9.17) is 9.47 Å². The summed E-state index contributed by atoms with van der Waals surface area (Å²) in [6.45, 7) is 4.14. The van der Waals surface area contributed by atoms with Gasteiger partial charge in [0.1, 0.15) is 0 Å². The van der Waals surface area contributed by atoms with Crippen molar-refractivity contribution in [1.29, 1.82) is 0 Å². The van der Waals surface area contributed by atoms with Crippen molar-refractivity contribution in [1.82, 2.24) is 0 Å². The average Bonchev–Trinajstić information content (AvgIpc) is 2.95. The molecule has 1 saturated heterocycles. The quantitative estimate of drug-likeness (QED) is 0.218. The number of allylic oxidation sites excluding steroid dienone is 1. The van der Waals surface area contributed by atoms with Crippen molar-refractivity contribution in [2.24, 2.45) is 41.4 Å². The van der Waals surface area contributed by atoms with Crippen LogP contribution in [0.1, 0.15) is 142 Å². The summed E-state index contributed by atoms with van der Waals surface area (Å²) < 4.78 is 37.6. The van der Waals surface area contributed by atoms with Gasteiger partial charge in [0.05, 0.1) is 13.2 Å². The molecule has 38 heavy (non-hydrogen) atoms. The second-order valence-corrected chi connectivity index (χ2v) is 13.7.